The summed E-state index contributed by atoms with van der Waals surface area (Å²) in [6.45, 7) is 1.29. The van der Waals surface area contributed by atoms with E-state index in [0.29, 0.717) is 32.5 Å². The van der Waals surface area contributed by atoms with Gasteiger partial charge in [0.2, 0.25) is 10.0 Å². The Hall–Kier alpha value is -2.91. The molecule has 0 aliphatic carbocycles. The van der Waals surface area contributed by atoms with Gasteiger partial charge in [0.15, 0.2) is 6.61 Å². The summed E-state index contributed by atoms with van der Waals surface area (Å²) in [6, 6.07) is 14.0. The molecule has 2 aromatic rings. The van der Waals surface area contributed by atoms with E-state index >= 15 is 0 Å². The largest absolute Gasteiger partial charge is 0.493 e. The molecule has 182 valence electrons. The van der Waals surface area contributed by atoms with Crippen LogP contribution in [0.5, 0.6) is 5.75 Å². The topological polar surface area (TPSA) is 102 Å². The molecule has 1 N–H and O–H groups in total. The fourth-order valence-electron chi connectivity index (χ4n) is 4.28. The molecule has 1 amide bonds. The van der Waals surface area contributed by atoms with E-state index in [-0.39, 0.29) is 29.9 Å². The minimum atomic E-state index is -3.47. The number of nitrogens with one attached hydrogen (secondary N) is 1. The van der Waals surface area contributed by atoms with E-state index in [1.54, 1.807) is 24.3 Å². The summed E-state index contributed by atoms with van der Waals surface area (Å²) in [5.41, 5.74) is 1.75. The Morgan fingerprint density at radius 3 is 2.53 bits per heavy atom. The van der Waals surface area contributed by atoms with Gasteiger partial charge in [-0.15, -0.1) is 0 Å². The summed E-state index contributed by atoms with van der Waals surface area (Å²) in [5, 5.41) is 2.89. The lowest BCUT2D eigenvalue weighted by Crippen LogP contribution is -2.35. The zero-order valence-electron chi connectivity index (χ0n) is 19.1. The SMILES string of the molecule is O=C(COC(=O)CCc1ccc(S(=O)(=O)N2CCCCC2)cc1)NC1CCOc2ccccc21. The number of piperidine rings is 1. The molecular weight excluding hydrogens is 456 g/mol. The van der Waals surface area contributed by atoms with E-state index in [9.17, 15) is 18.0 Å². The lowest BCUT2D eigenvalue weighted by Gasteiger charge is -2.26. The van der Waals surface area contributed by atoms with Gasteiger partial charge >= 0.3 is 5.97 Å². The molecule has 2 aliphatic heterocycles. The van der Waals surface area contributed by atoms with Gasteiger partial charge in [0.1, 0.15) is 5.75 Å². The molecule has 0 bridgehead atoms. The molecule has 2 aromatic carbocycles. The summed E-state index contributed by atoms with van der Waals surface area (Å²) >= 11 is 0. The van der Waals surface area contributed by atoms with Gasteiger partial charge in [-0.1, -0.05) is 36.8 Å². The van der Waals surface area contributed by atoms with Gasteiger partial charge in [-0.2, -0.15) is 4.31 Å². The molecule has 0 aromatic heterocycles. The van der Waals surface area contributed by atoms with E-state index in [0.717, 1.165) is 36.1 Å². The number of para-hydroxylation sites is 1. The second kappa shape index (κ2) is 11.0. The standard InChI is InChI=1S/C25H30N2O6S/c28-24(26-22-14-17-32-23-7-3-2-6-21(22)23)18-33-25(29)13-10-19-8-11-20(12-9-19)34(30,31)27-15-4-1-5-16-27/h2-3,6-9,11-12,22H,1,4-5,10,13-18H2,(H,26,28). The molecule has 1 fully saturated rings. The fourth-order valence-corrected chi connectivity index (χ4v) is 5.79. The average Bonchev–Trinajstić information content (AvgIpc) is 2.87. The number of benzene rings is 2. The van der Waals surface area contributed by atoms with Crippen molar-refractivity contribution in [2.24, 2.45) is 0 Å². The van der Waals surface area contributed by atoms with E-state index in [2.05, 4.69) is 5.32 Å². The Kier molecular flexibility index (Phi) is 7.84. The van der Waals surface area contributed by atoms with Gasteiger partial charge in [-0.05, 0) is 43.0 Å². The Morgan fingerprint density at radius 1 is 1.03 bits per heavy atom. The first-order chi connectivity index (χ1) is 16.4. The number of esters is 1. The molecule has 1 unspecified atom stereocenters. The van der Waals surface area contributed by atoms with Crippen LogP contribution >= 0.6 is 0 Å². The molecule has 8 nitrogen and oxygen atoms in total. The lowest BCUT2D eigenvalue weighted by atomic mass is 10.0. The first-order valence-electron chi connectivity index (χ1n) is 11.7. The number of rotatable bonds is 8. The van der Waals surface area contributed by atoms with Crippen LogP contribution in [0.2, 0.25) is 0 Å². The van der Waals surface area contributed by atoms with E-state index in [1.165, 1.54) is 4.31 Å². The lowest BCUT2D eigenvalue weighted by molar-refractivity contribution is -0.148. The average molecular weight is 487 g/mol. The smallest absolute Gasteiger partial charge is 0.306 e. The summed E-state index contributed by atoms with van der Waals surface area (Å²) in [7, 11) is -3.47. The molecule has 0 radical (unpaired) electrons. The Morgan fingerprint density at radius 2 is 1.76 bits per heavy atom. The van der Waals surface area contributed by atoms with Crippen LogP contribution in [0.3, 0.4) is 0 Å². The van der Waals surface area contributed by atoms with Gasteiger partial charge in [0, 0.05) is 31.5 Å². The maximum atomic E-state index is 12.7. The molecule has 0 spiro atoms. The minimum Gasteiger partial charge on any atom is -0.493 e. The van der Waals surface area contributed by atoms with Crippen LogP contribution in [0.1, 0.15) is 49.3 Å². The third-order valence-electron chi connectivity index (χ3n) is 6.15. The van der Waals surface area contributed by atoms with Crippen molar-refractivity contribution in [1.29, 1.82) is 0 Å². The molecule has 9 heteroatoms. The maximum Gasteiger partial charge on any atom is 0.306 e. The van der Waals surface area contributed by atoms with Crippen molar-refractivity contribution in [3.8, 4) is 5.75 Å². The van der Waals surface area contributed by atoms with E-state index in [1.807, 2.05) is 24.3 Å². The van der Waals surface area contributed by atoms with E-state index in [4.69, 9.17) is 9.47 Å². The van der Waals surface area contributed by atoms with Gasteiger partial charge in [0.05, 0.1) is 17.5 Å². The van der Waals surface area contributed by atoms with Gasteiger partial charge in [-0.25, -0.2) is 8.42 Å². The van der Waals surface area contributed by atoms with Crippen molar-refractivity contribution >= 4 is 21.9 Å². The van der Waals surface area contributed by atoms with Crippen molar-refractivity contribution in [2.45, 2.75) is 49.5 Å². The third kappa shape index (κ3) is 5.95. The van der Waals surface area contributed by atoms with Gasteiger partial charge < -0.3 is 14.8 Å². The predicted octanol–water partition coefficient (Wildman–Crippen LogP) is 2.98. The summed E-state index contributed by atoms with van der Waals surface area (Å²) in [6.07, 6.45) is 4.00. The van der Waals surface area contributed by atoms with Crippen molar-refractivity contribution in [3.05, 3.63) is 59.7 Å². The number of hydrogen-bond acceptors (Lipinski definition) is 6. The Labute approximate surface area is 200 Å². The molecule has 34 heavy (non-hydrogen) atoms. The highest BCUT2D eigenvalue weighted by molar-refractivity contribution is 7.89. The Bertz CT molecular complexity index is 1110. The molecular formula is C25H30N2O6S. The van der Waals surface area contributed by atoms with Crippen LogP contribution in [-0.2, 0) is 30.8 Å². The molecule has 1 saturated heterocycles. The third-order valence-corrected chi connectivity index (χ3v) is 8.06. The van der Waals surface area contributed by atoms with Crippen molar-refractivity contribution in [2.75, 3.05) is 26.3 Å². The maximum absolute atomic E-state index is 12.7. The zero-order valence-corrected chi connectivity index (χ0v) is 19.9. The van der Waals surface area contributed by atoms with Crippen LogP contribution in [0.15, 0.2) is 53.4 Å². The highest BCUT2D eigenvalue weighted by atomic mass is 32.2. The fraction of sp³-hybridized carbons (Fsp3) is 0.440. The number of ether oxygens (including phenoxy) is 2. The number of amides is 1. The van der Waals surface area contributed by atoms with Crippen LogP contribution in [-0.4, -0.2) is 50.9 Å². The molecule has 1 atom stereocenters. The monoisotopic (exact) mass is 486 g/mol. The second-order valence-corrected chi connectivity index (χ2v) is 10.5. The van der Waals surface area contributed by atoms with Gasteiger partial charge in [-0.3, -0.25) is 9.59 Å². The first-order valence-corrected chi connectivity index (χ1v) is 13.1. The number of hydrogen-bond donors (Lipinski definition) is 1. The highest BCUT2D eigenvalue weighted by Crippen LogP contribution is 2.31. The second-order valence-electron chi connectivity index (χ2n) is 8.56. The highest BCUT2D eigenvalue weighted by Gasteiger charge is 2.26. The summed E-state index contributed by atoms with van der Waals surface area (Å²) < 4.78 is 37.7. The minimum absolute atomic E-state index is 0.103. The quantitative estimate of drug-likeness (QED) is 0.576. The number of carbonyl (C=O) groups is 2. The number of sulfonamides is 1. The predicted molar refractivity (Wildman–Crippen MR) is 126 cm³/mol. The summed E-state index contributed by atoms with van der Waals surface area (Å²) in [5.74, 6) is -0.0827. The molecule has 4 rings (SSSR count). The van der Waals surface area contributed by atoms with Crippen molar-refractivity contribution < 1.29 is 27.5 Å². The van der Waals surface area contributed by atoms with Crippen LogP contribution in [0, 0.1) is 0 Å². The van der Waals surface area contributed by atoms with Crippen molar-refractivity contribution in [3.63, 3.8) is 0 Å². The number of nitrogens with zero attached hydrogens (tertiary/aromatic N) is 1. The zero-order chi connectivity index (χ0) is 24.0. The molecule has 0 saturated carbocycles. The number of carbonyl (C=O) groups excluding carboxylic acids is 2. The van der Waals surface area contributed by atoms with Crippen molar-refractivity contribution in [1.82, 2.24) is 9.62 Å². The number of aryl methyl sites for hydroxylation is 1. The molecule has 2 aliphatic rings. The molecule has 2 heterocycles. The van der Waals surface area contributed by atoms with Crippen LogP contribution in [0.25, 0.3) is 0 Å². The Balaban J connectivity index is 1.22. The normalized spacial score (nSPS) is 18.4. The number of fused-ring (bicyclic) bond motifs is 1. The van der Waals surface area contributed by atoms with Gasteiger partial charge in [0.25, 0.3) is 5.91 Å². The van der Waals surface area contributed by atoms with Crippen LogP contribution < -0.4 is 10.1 Å². The van der Waals surface area contributed by atoms with Crippen LogP contribution in [0.4, 0.5) is 0 Å². The van der Waals surface area contributed by atoms with E-state index < -0.39 is 16.0 Å². The summed E-state index contributed by atoms with van der Waals surface area (Å²) in [4.78, 5) is 24.7. The first kappa shape index (κ1) is 24.2.